The highest BCUT2D eigenvalue weighted by Crippen LogP contribution is 2.32. The van der Waals surface area contributed by atoms with Crippen LogP contribution >= 0.6 is 35.3 Å². The van der Waals surface area contributed by atoms with Gasteiger partial charge in [0, 0.05) is 18.0 Å². The summed E-state index contributed by atoms with van der Waals surface area (Å²) in [6, 6.07) is 3.82. The van der Waals surface area contributed by atoms with Crippen LogP contribution in [0.25, 0.3) is 6.08 Å². The lowest BCUT2D eigenvalue weighted by Gasteiger charge is -2.13. The number of thioether (sulfide) groups is 1. The minimum absolute atomic E-state index is 0.0187. The van der Waals surface area contributed by atoms with Crippen molar-refractivity contribution in [1.29, 1.82) is 0 Å². The van der Waals surface area contributed by atoms with Crippen LogP contribution in [0.2, 0.25) is 0 Å². The number of hydrogen-bond acceptors (Lipinski definition) is 6. The average molecular weight is 342 g/mol. The predicted octanol–water partition coefficient (Wildman–Crippen LogP) is 1.45. The van der Waals surface area contributed by atoms with Gasteiger partial charge in [0.25, 0.3) is 5.91 Å². The molecule has 21 heavy (non-hydrogen) atoms. The van der Waals surface area contributed by atoms with Gasteiger partial charge in [-0.15, -0.1) is 11.3 Å². The molecule has 1 aliphatic heterocycles. The number of aliphatic hydroxyl groups is 1. The van der Waals surface area contributed by atoms with Crippen molar-refractivity contribution in [3.63, 3.8) is 0 Å². The van der Waals surface area contributed by atoms with Gasteiger partial charge in [-0.25, -0.2) is 0 Å². The minimum atomic E-state index is -0.280. The van der Waals surface area contributed by atoms with Crippen LogP contribution in [0.3, 0.4) is 0 Å². The van der Waals surface area contributed by atoms with Crippen molar-refractivity contribution in [2.45, 2.75) is 6.42 Å². The molecular formula is C13H14N2O3S3. The molecule has 5 nitrogen and oxygen atoms in total. The van der Waals surface area contributed by atoms with E-state index in [4.69, 9.17) is 17.3 Å². The van der Waals surface area contributed by atoms with Gasteiger partial charge in [0.1, 0.15) is 10.9 Å². The third-order valence-corrected chi connectivity index (χ3v) is 4.85. The van der Waals surface area contributed by atoms with Crippen LogP contribution in [-0.4, -0.2) is 45.8 Å². The average Bonchev–Trinajstić information content (AvgIpc) is 3.04. The molecule has 1 aromatic heterocycles. The lowest BCUT2D eigenvalue weighted by atomic mass is 10.3. The second kappa shape index (κ2) is 7.69. The van der Waals surface area contributed by atoms with E-state index >= 15 is 0 Å². The maximum atomic E-state index is 12.2. The molecule has 2 heterocycles. The number of thiophene rings is 1. The van der Waals surface area contributed by atoms with Gasteiger partial charge in [0.05, 0.1) is 4.91 Å². The van der Waals surface area contributed by atoms with Gasteiger partial charge in [-0.2, -0.15) is 0 Å². The third kappa shape index (κ3) is 4.37. The Morgan fingerprint density at radius 2 is 2.33 bits per heavy atom. The number of thiocarbonyl (C=S) groups is 1. The Balaban J connectivity index is 1.97. The van der Waals surface area contributed by atoms with E-state index in [1.165, 1.54) is 28.0 Å². The van der Waals surface area contributed by atoms with Crippen LogP contribution in [0.1, 0.15) is 11.3 Å². The first-order chi connectivity index (χ1) is 10.1. The molecule has 0 spiro atoms. The molecule has 1 fully saturated rings. The molecule has 0 aliphatic carbocycles. The molecule has 0 aromatic carbocycles. The molecule has 2 rings (SSSR count). The molecule has 0 bridgehead atoms. The van der Waals surface area contributed by atoms with Crippen molar-refractivity contribution < 1.29 is 14.7 Å². The van der Waals surface area contributed by atoms with Crippen LogP contribution in [0.4, 0.5) is 0 Å². The zero-order chi connectivity index (χ0) is 15.2. The molecule has 2 N–H and O–H groups in total. The Hall–Kier alpha value is -1.22. The summed E-state index contributed by atoms with van der Waals surface area (Å²) in [7, 11) is 0. The molecule has 0 atom stereocenters. The van der Waals surface area contributed by atoms with Crippen LogP contribution in [0.15, 0.2) is 22.4 Å². The quantitative estimate of drug-likeness (QED) is 0.465. The van der Waals surface area contributed by atoms with Gasteiger partial charge >= 0.3 is 0 Å². The van der Waals surface area contributed by atoms with Crippen molar-refractivity contribution in [2.75, 3.05) is 19.7 Å². The fourth-order valence-electron chi connectivity index (χ4n) is 1.65. The highest BCUT2D eigenvalue weighted by molar-refractivity contribution is 8.26. The Kier molecular flexibility index (Phi) is 5.92. The standard InChI is InChI=1S/C13H14N2O3S3/c16-5-2-4-14-11(17)8-15-12(18)10(21-13(15)19)7-9-3-1-6-20-9/h1,3,6-7,16H,2,4-5,8H2,(H,14,17)/b10-7-. The topological polar surface area (TPSA) is 69.6 Å². The zero-order valence-electron chi connectivity index (χ0n) is 11.1. The Bertz CT molecular complexity index is 569. The molecule has 1 aliphatic rings. The van der Waals surface area contributed by atoms with Crippen molar-refractivity contribution >= 4 is 57.5 Å². The monoisotopic (exact) mass is 342 g/mol. The lowest BCUT2D eigenvalue weighted by Crippen LogP contribution is -2.39. The second-order valence-electron chi connectivity index (χ2n) is 4.21. The van der Waals surface area contributed by atoms with Crippen molar-refractivity contribution in [3.8, 4) is 0 Å². The highest BCUT2D eigenvalue weighted by Gasteiger charge is 2.33. The van der Waals surface area contributed by atoms with Crippen LogP contribution in [0, 0.1) is 0 Å². The summed E-state index contributed by atoms with van der Waals surface area (Å²) < 4.78 is 0.389. The number of nitrogens with one attached hydrogen (secondary N) is 1. The number of rotatable bonds is 6. The predicted molar refractivity (Wildman–Crippen MR) is 88.9 cm³/mol. The van der Waals surface area contributed by atoms with Crippen molar-refractivity contribution in [2.24, 2.45) is 0 Å². The highest BCUT2D eigenvalue weighted by atomic mass is 32.2. The number of amides is 2. The van der Waals surface area contributed by atoms with Gasteiger partial charge in [0.2, 0.25) is 5.91 Å². The summed E-state index contributed by atoms with van der Waals surface area (Å²) in [5.41, 5.74) is 0. The van der Waals surface area contributed by atoms with Crippen molar-refractivity contribution in [3.05, 3.63) is 27.3 Å². The van der Waals surface area contributed by atoms with Gasteiger partial charge in [-0.1, -0.05) is 30.0 Å². The number of aliphatic hydroxyl groups excluding tert-OH is 1. The summed E-state index contributed by atoms with van der Waals surface area (Å²) in [5, 5.41) is 13.2. The fraction of sp³-hybridized carbons (Fsp3) is 0.308. The number of hydrogen-bond donors (Lipinski definition) is 2. The minimum Gasteiger partial charge on any atom is -0.396 e. The maximum absolute atomic E-state index is 12.2. The summed E-state index contributed by atoms with van der Waals surface area (Å²) in [6.07, 6.45) is 2.27. The number of carbonyl (C=O) groups is 2. The van der Waals surface area contributed by atoms with Crippen LogP contribution in [0.5, 0.6) is 0 Å². The van der Waals surface area contributed by atoms with E-state index < -0.39 is 0 Å². The van der Waals surface area contributed by atoms with E-state index in [1.54, 1.807) is 6.08 Å². The first kappa shape index (κ1) is 16.2. The van der Waals surface area contributed by atoms with Gasteiger partial charge in [0.15, 0.2) is 0 Å². The van der Waals surface area contributed by atoms with E-state index in [0.29, 0.717) is 22.2 Å². The molecular weight excluding hydrogens is 328 g/mol. The smallest absolute Gasteiger partial charge is 0.266 e. The maximum Gasteiger partial charge on any atom is 0.266 e. The zero-order valence-corrected chi connectivity index (χ0v) is 13.5. The van der Waals surface area contributed by atoms with Crippen molar-refractivity contribution in [1.82, 2.24) is 10.2 Å². The molecule has 0 radical (unpaired) electrons. The summed E-state index contributed by atoms with van der Waals surface area (Å²) in [6.45, 7) is 0.317. The van der Waals surface area contributed by atoms with E-state index in [0.717, 1.165) is 4.88 Å². The van der Waals surface area contributed by atoms with Gasteiger partial charge < -0.3 is 10.4 Å². The second-order valence-corrected chi connectivity index (χ2v) is 6.87. The molecule has 8 heteroatoms. The first-order valence-electron chi connectivity index (χ1n) is 6.28. The SMILES string of the molecule is O=C(CN1C(=O)/C(=C/c2cccs2)SC1=S)NCCCO. The van der Waals surface area contributed by atoms with E-state index in [2.05, 4.69) is 5.32 Å². The van der Waals surface area contributed by atoms with Crippen LogP contribution in [-0.2, 0) is 9.59 Å². The van der Waals surface area contributed by atoms with Gasteiger partial charge in [-0.05, 0) is 23.9 Å². The molecule has 0 saturated carbocycles. The molecule has 1 saturated heterocycles. The first-order valence-corrected chi connectivity index (χ1v) is 8.38. The van der Waals surface area contributed by atoms with Gasteiger partial charge in [-0.3, -0.25) is 14.5 Å². The third-order valence-electron chi connectivity index (χ3n) is 2.65. The Labute approximate surface area is 136 Å². The van der Waals surface area contributed by atoms with E-state index in [9.17, 15) is 9.59 Å². The lowest BCUT2D eigenvalue weighted by molar-refractivity contribution is -0.128. The molecule has 0 unspecified atom stereocenters. The van der Waals surface area contributed by atoms with E-state index in [1.807, 2.05) is 17.5 Å². The normalized spacial score (nSPS) is 16.8. The molecule has 112 valence electrons. The number of carbonyl (C=O) groups excluding carboxylic acids is 2. The van der Waals surface area contributed by atoms with E-state index in [-0.39, 0.29) is 25.0 Å². The Morgan fingerprint density at radius 1 is 1.52 bits per heavy atom. The summed E-state index contributed by atoms with van der Waals surface area (Å²) in [5.74, 6) is -0.521. The Morgan fingerprint density at radius 3 is 3.00 bits per heavy atom. The summed E-state index contributed by atoms with van der Waals surface area (Å²) in [4.78, 5) is 26.8. The number of nitrogens with zero attached hydrogens (tertiary/aromatic N) is 1. The van der Waals surface area contributed by atoms with Crippen LogP contribution < -0.4 is 5.32 Å². The summed E-state index contributed by atoms with van der Waals surface area (Å²) >= 11 is 7.90. The molecule has 2 amide bonds. The fourth-order valence-corrected chi connectivity index (χ4v) is 3.62. The largest absolute Gasteiger partial charge is 0.396 e. The molecule has 1 aromatic rings.